The van der Waals surface area contributed by atoms with Gasteiger partial charge in [0, 0.05) is 31.7 Å². The van der Waals surface area contributed by atoms with Crippen LogP contribution in [0.4, 0.5) is 5.69 Å². The summed E-state index contributed by atoms with van der Waals surface area (Å²) >= 11 is 1.65. The summed E-state index contributed by atoms with van der Waals surface area (Å²) < 4.78 is 1.70. The number of hydrogen-bond acceptors (Lipinski definition) is 5. The molecule has 1 amide bonds. The molecule has 146 valence electrons. The summed E-state index contributed by atoms with van der Waals surface area (Å²) in [7, 11) is 3.58. The van der Waals surface area contributed by atoms with Gasteiger partial charge in [-0.1, -0.05) is 36.4 Å². The second kappa shape index (κ2) is 9.23. The highest BCUT2D eigenvalue weighted by Crippen LogP contribution is 2.10. The summed E-state index contributed by atoms with van der Waals surface area (Å²) in [5.41, 5.74) is 12.1. The van der Waals surface area contributed by atoms with Gasteiger partial charge in [-0.3, -0.25) is 9.79 Å². The zero-order valence-electron chi connectivity index (χ0n) is 16.1. The summed E-state index contributed by atoms with van der Waals surface area (Å²) in [6, 6.07) is 15.9. The summed E-state index contributed by atoms with van der Waals surface area (Å²) in [4.78, 5) is 20.3. The number of nitrogens with two attached hydrogens (primary N) is 1. The highest BCUT2D eigenvalue weighted by atomic mass is 32.1. The Morgan fingerprint density at radius 2 is 2.04 bits per heavy atom. The second-order valence-electron chi connectivity index (χ2n) is 6.46. The molecule has 0 aliphatic carbocycles. The fourth-order valence-corrected chi connectivity index (χ4v) is 3.51. The number of carbonyl (C=O) groups excluding carboxylic acids is 1. The smallest absolute Gasteiger partial charge is 0.255 e. The van der Waals surface area contributed by atoms with Gasteiger partial charge in [0.1, 0.15) is 0 Å². The third-order valence-corrected chi connectivity index (χ3v) is 5.30. The highest BCUT2D eigenvalue weighted by molar-refractivity contribution is 7.09. The molecule has 0 spiro atoms. The molecular formula is C21H25N5OS. The molecule has 0 aliphatic rings. The molecule has 0 saturated carbocycles. The van der Waals surface area contributed by atoms with Crippen LogP contribution in [0.15, 0.2) is 65.1 Å². The third-order valence-electron chi connectivity index (χ3n) is 4.44. The number of benzene rings is 1. The molecule has 2 aromatic heterocycles. The summed E-state index contributed by atoms with van der Waals surface area (Å²) in [5.74, 6) is -0.0727. The Kier molecular flexibility index (Phi) is 6.49. The van der Waals surface area contributed by atoms with Crippen LogP contribution in [0.5, 0.6) is 0 Å². The van der Waals surface area contributed by atoms with Gasteiger partial charge in [-0.2, -0.15) is 0 Å². The Morgan fingerprint density at radius 1 is 1.25 bits per heavy atom. The first-order valence-corrected chi connectivity index (χ1v) is 9.98. The molecule has 0 atom stereocenters. The number of nitrogen functional groups attached to an aromatic ring is 1. The van der Waals surface area contributed by atoms with E-state index in [9.17, 15) is 4.79 Å². The van der Waals surface area contributed by atoms with Crippen LogP contribution >= 0.6 is 11.3 Å². The molecule has 0 aliphatic heterocycles. The van der Waals surface area contributed by atoms with Gasteiger partial charge in [-0.15, -0.1) is 11.3 Å². The molecule has 6 nitrogen and oxygen atoms in total. The average molecular weight is 396 g/mol. The van der Waals surface area contributed by atoms with E-state index >= 15 is 0 Å². The van der Waals surface area contributed by atoms with E-state index in [-0.39, 0.29) is 5.91 Å². The van der Waals surface area contributed by atoms with Crippen molar-refractivity contribution in [2.75, 3.05) is 31.8 Å². The minimum Gasteiger partial charge on any atom is -0.396 e. The molecule has 2 heterocycles. The van der Waals surface area contributed by atoms with Crippen LogP contribution in [0, 0.1) is 0 Å². The number of nitrogens with one attached hydrogen (secondary N) is 1. The van der Waals surface area contributed by atoms with Gasteiger partial charge >= 0.3 is 0 Å². The van der Waals surface area contributed by atoms with E-state index in [1.807, 2.05) is 35.7 Å². The molecule has 0 radical (unpaired) electrons. The Labute approximate surface area is 168 Å². The van der Waals surface area contributed by atoms with Crippen molar-refractivity contribution in [1.82, 2.24) is 9.58 Å². The normalized spacial score (nSPS) is 11.4. The molecule has 0 saturated heterocycles. The molecular weight excluding hydrogens is 370 g/mol. The monoisotopic (exact) mass is 395 g/mol. The first-order chi connectivity index (χ1) is 13.6. The van der Waals surface area contributed by atoms with Gasteiger partial charge in [0.2, 0.25) is 0 Å². The van der Waals surface area contributed by atoms with E-state index in [0.29, 0.717) is 29.8 Å². The molecule has 0 bridgehead atoms. The van der Waals surface area contributed by atoms with E-state index in [1.54, 1.807) is 47.3 Å². The van der Waals surface area contributed by atoms with Gasteiger partial charge in [0.05, 0.1) is 17.8 Å². The zero-order chi connectivity index (χ0) is 19.9. The predicted octanol–water partition coefficient (Wildman–Crippen LogP) is 2.72. The predicted molar refractivity (Wildman–Crippen MR) is 115 cm³/mol. The molecule has 0 unspecified atom stereocenters. The van der Waals surface area contributed by atoms with E-state index in [0.717, 1.165) is 11.3 Å². The molecule has 7 heteroatoms. The number of carbonyl (C=O) groups is 1. The van der Waals surface area contributed by atoms with Crippen molar-refractivity contribution >= 4 is 22.9 Å². The largest absolute Gasteiger partial charge is 0.396 e. The van der Waals surface area contributed by atoms with Crippen LogP contribution in [0.1, 0.15) is 20.8 Å². The fraction of sp³-hybridized carbons (Fsp3) is 0.238. The number of hydrogen-bond donors (Lipinski definition) is 2. The molecule has 3 N–H and O–H groups in total. The van der Waals surface area contributed by atoms with Crippen LogP contribution in [-0.4, -0.2) is 36.1 Å². The van der Waals surface area contributed by atoms with E-state index in [4.69, 9.17) is 5.73 Å². The molecule has 3 aromatic rings. The van der Waals surface area contributed by atoms with Gasteiger partial charge < -0.3 is 16.1 Å². The maximum absolute atomic E-state index is 12.8. The van der Waals surface area contributed by atoms with Crippen LogP contribution in [-0.2, 0) is 13.0 Å². The number of amides is 1. The number of thiophene rings is 1. The van der Waals surface area contributed by atoms with Crippen molar-refractivity contribution in [2.45, 2.75) is 13.0 Å². The lowest BCUT2D eigenvalue weighted by atomic mass is 10.1. The fourth-order valence-electron chi connectivity index (χ4n) is 2.88. The topological polar surface area (TPSA) is 75.7 Å². The number of anilines is 1. The van der Waals surface area contributed by atoms with Crippen molar-refractivity contribution in [3.8, 4) is 0 Å². The molecule has 3 rings (SSSR count). The van der Waals surface area contributed by atoms with Gasteiger partial charge in [-0.05, 0) is 29.5 Å². The Hall–Kier alpha value is -3.06. The summed E-state index contributed by atoms with van der Waals surface area (Å²) in [6.07, 6.45) is 2.55. The number of likely N-dealkylation sites (N-methyl/N-ethyl adjacent to an activating group) is 1. The Balaban J connectivity index is 1.77. The van der Waals surface area contributed by atoms with Crippen molar-refractivity contribution in [3.05, 3.63) is 81.6 Å². The van der Waals surface area contributed by atoms with E-state index < -0.39 is 0 Å². The quantitative estimate of drug-likeness (QED) is 0.646. The van der Waals surface area contributed by atoms with Crippen LogP contribution < -0.4 is 16.6 Å². The first-order valence-electron chi connectivity index (χ1n) is 9.10. The lowest BCUT2D eigenvalue weighted by Gasteiger charge is -2.19. The number of rotatable bonds is 7. The number of nitrogens with zero attached hydrogens (tertiary/aromatic N) is 3. The van der Waals surface area contributed by atoms with Crippen molar-refractivity contribution in [1.29, 1.82) is 0 Å². The van der Waals surface area contributed by atoms with E-state index in [2.05, 4.69) is 22.6 Å². The average Bonchev–Trinajstić information content (AvgIpc) is 3.24. The van der Waals surface area contributed by atoms with Crippen LogP contribution in [0.3, 0.4) is 0 Å². The second-order valence-corrected chi connectivity index (χ2v) is 7.49. The van der Waals surface area contributed by atoms with Crippen LogP contribution in [0.25, 0.3) is 0 Å². The first kappa shape index (κ1) is 19.7. The maximum atomic E-state index is 12.8. The zero-order valence-corrected chi connectivity index (χ0v) is 16.9. The lowest BCUT2D eigenvalue weighted by Crippen LogP contribution is -2.34. The van der Waals surface area contributed by atoms with Gasteiger partial charge in [-0.25, -0.2) is 4.68 Å². The molecule has 0 fully saturated rings. The SMILES string of the molecule is CNn1cc(C(=O)N(C)CCc2ccccc2)cc(N)c1=NCc1cccs1. The van der Waals surface area contributed by atoms with Crippen LogP contribution in [0.2, 0.25) is 0 Å². The number of aromatic nitrogens is 1. The van der Waals surface area contributed by atoms with Gasteiger partial charge in [0.25, 0.3) is 5.91 Å². The summed E-state index contributed by atoms with van der Waals surface area (Å²) in [5, 5.41) is 2.02. The molecule has 1 aromatic carbocycles. The third kappa shape index (κ3) is 4.80. The van der Waals surface area contributed by atoms with Crippen molar-refractivity contribution in [2.24, 2.45) is 4.99 Å². The minimum atomic E-state index is -0.0727. The minimum absolute atomic E-state index is 0.0727. The number of pyridine rings is 1. The Morgan fingerprint density at radius 3 is 2.71 bits per heavy atom. The van der Waals surface area contributed by atoms with Crippen molar-refractivity contribution in [3.63, 3.8) is 0 Å². The van der Waals surface area contributed by atoms with E-state index in [1.165, 1.54) is 5.56 Å². The highest BCUT2D eigenvalue weighted by Gasteiger charge is 2.14. The van der Waals surface area contributed by atoms with Crippen molar-refractivity contribution < 1.29 is 4.79 Å². The molecule has 28 heavy (non-hydrogen) atoms. The Bertz CT molecular complexity index is 980. The standard InChI is InChI=1S/C21H25N5OS/c1-23-26-15-17(13-19(22)20(26)24-14-18-9-6-12-28-18)21(27)25(2)11-10-16-7-4-3-5-8-16/h3-9,12-13,15,23H,10-11,14,22H2,1-2H3. The maximum Gasteiger partial charge on any atom is 0.255 e. The summed E-state index contributed by atoms with van der Waals surface area (Å²) in [6.45, 7) is 1.18. The van der Waals surface area contributed by atoms with Gasteiger partial charge in [0.15, 0.2) is 5.49 Å². The lowest BCUT2D eigenvalue weighted by molar-refractivity contribution is 0.0796.